The fourth-order valence-electron chi connectivity index (χ4n) is 3.55. The van der Waals surface area contributed by atoms with Crippen molar-refractivity contribution in [2.24, 2.45) is 0 Å². The molecular formula is C21H13N3O7. The molecule has 2 aromatic carbocycles. The number of nitrogen functional groups attached to an aromatic ring is 1. The number of nitrogens with zero attached hydrogens (tertiary/aromatic N) is 1. The van der Waals surface area contributed by atoms with Gasteiger partial charge in [0.1, 0.15) is 11.4 Å². The monoisotopic (exact) mass is 419 g/mol. The summed E-state index contributed by atoms with van der Waals surface area (Å²) in [5, 5.41) is 2.10. The number of carbonyl (C=O) groups excluding carboxylic acids is 3. The maximum absolute atomic E-state index is 12.8. The fourth-order valence-corrected chi connectivity index (χ4v) is 3.55. The Morgan fingerprint density at radius 3 is 2.42 bits per heavy atom. The first kappa shape index (κ1) is 18.4. The molecule has 2 aliphatic rings. The van der Waals surface area contributed by atoms with Crippen LogP contribution in [0, 0.1) is 0 Å². The Kier molecular flexibility index (Phi) is 3.84. The molecule has 0 unspecified atom stereocenters. The van der Waals surface area contributed by atoms with Gasteiger partial charge in [0.25, 0.3) is 17.4 Å². The molecule has 3 N–H and O–H groups in total. The van der Waals surface area contributed by atoms with Crippen LogP contribution in [0.5, 0.6) is 23.0 Å². The molecule has 0 aliphatic carbocycles. The minimum Gasteiger partial charge on any atom is -0.465 e. The second-order valence-corrected chi connectivity index (χ2v) is 6.74. The van der Waals surface area contributed by atoms with E-state index in [0.717, 1.165) is 10.6 Å². The lowest BCUT2D eigenvalue weighted by Crippen LogP contribution is -2.24. The van der Waals surface area contributed by atoms with Crippen molar-refractivity contribution >= 4 is 23.6 Å². The highest BCUT2D eigenvalue weighted by atomic mass is 16.6. The number of esters is 1. The van der Waals surface area contributed by atoms with Crippen LogP contribution in [0.3, 0.4) is 0 Å². The van der Waals surface area contributed by atoms with Gasteiger partial charge in [-0.2, -0.15) is 0 Å². The highest BCUT2D eigenvalue weighted by Crippen LogP contribution is 2.48. The normalized spacial score (nSPS) is 13.3. The zero-order valence-corrected chi connectivity index (χ0v) is 15.9. The van der Waals surface area contributed by atoms with Gasteiger partial charge >= 0.3 is 5.97 Å². The van der Waals surface area contributed by atoms with Crippen LogP contribution in [0.15, 0.2) is 47.3 Å². The summed E-state index contributed by atoms with van der Waals surface area (Å²) in [5.41, 5.74) is 5.30. The Balaban J connectivity index is 1.75. The van der Waals surface area contributed by atoms with Crippen molar-refractivity contribution in [3.63, 3.8) is 0 Å². The van der Waals surface area contributed by atoms with E-state index < -0.39 is 23.3 Å². The van der Waals surface area contributed by atoms with Gasteiger partial charge in [-0.1, -0.05) is 12.1 Å². The summed E-state index contributed by atoms with van der Waals surface area (Å²) in [6.07, 6.45) is 0. The predicted molar refractivity (Wildman–Crippen MR) is 106 cm³/mol. The van der Waals surface area contributed by atoms with Crippen LogP contribution < -0.4 is 26.1 Å². The van der Waals surface area contributed by atoms with Crippen LogP contribution in [0.25, 0.3) is 5.69 Å². The number of para-hydroxylation sites is 2. The predicted octanol–water partition coefficient (Wildman–Crippen LogP) is 1.99. The van der Waals surface area contributed by atoms with Gasteiger partial charge in [-0.25, -0.2) is 4.79 Å². The summed E-state index contributed by atoms with van der Waals surface area (Å²) in [7, 11) is 1.20. The molecule has 2 aliphatic heterocycles. The average molecular weight is 419 g/mol. The third-order valence-corrected chi connectivity index (χ3v) is 4.94. The number of fused-ring (bicyclic) bond motifs is 3. The zero-order valence-electron chi connectivity index (χ0n) is 15.9. The minimum absolute atomic E-state index is 0.0168. The highest BCUT2D eigenvalue weighted by molar-refractivity contribution is 6.23. The van der Waals surface area contributed by atoms with Crippen molar-refractivity contribution in [2.75, 3.05) is 12.8 Å². The summed E-state index contributed by atoms with van der Waals surface area (Å²) in [6, 6.07) is 10.6. The van der Waals surface area contributed by atoms with E-state index in [1.807, 2.05) is 0 Å². The minimum atomic E-state index is -0.734. The molecule has 0 saturated heterocycles. The van der Waals surface area contributed by atoms with E-state index in [0.29, 0.717) is 11.5 Å². The van der Waals surface area contributed by atoms with Crippen LogP contribution in [0.4, 0.5) is 5.82 Å². The first-order valence-corrected chi connectivity index (χ1v) is 9.01. The number of carbonyl (C=O) groups is 3. The van der Waals surface area contributed by atoms with Gasteiger partial charge in [0, 0.05) is 12.1 Å². The molecule has 3 heterocycles. The maximum atomic E-state index is 12.8. The van der Waals surface area contributed by atoms with Crippen molar-refractivity contribution in [3.05, 3.63) is 69.5 Å². The van der Waals surface area contributed by atoms with Crippen molar-refractivity contribution in [2.45, 2.75) is 0 Å². The van der Waals surface area contributed by atoms with Gasteiger partial charge < -0.3 is 19.9 Å². The number of methoxy groups -OCH3 is 1. The molecule has 0 fully saturated rings. The number of hydrogen-bond acceptors (Lipinski definition) is 8. The number of nitrogens with one attached hydrogen (secondary N) is 1. The number of hydrogen-bond donors (Lipinski definition) is 2. The lowest BCUT2D eigenvalue weighted by Gasteiger charge is -2.23. The molecule has 3 aromatic rings. The van der Waals surface area contributed by atoms with E-state index >= 15 is 0 Å². The molecule has 0 bridgehead atoms. The molecule has 0 radical (unpaired) electrons. The van der Waals surface area contributed by atoms with Crippen LogP contribution >= 0.6 is 0 Å². The Morgan fingerprint density at radius 2 is 1.71 bits per heavy atom. The first-order chi connectivity index (χ1) is 14.9. The fraction of sp³-hybridized carbons (Fsp3) is 0.0476. The molecular weight excluding hydrogens is 406 g/mol. The number of ether oxygens (including phenoxy) is 3. The Labute approximate surface area is 173 Å². The summed E-state index contributed by atoms with van der Waals surface area (Å²) >= 11 is 0. The number of aromatic nitrogens is 1. The van der Waals surface area contributed by atoms with E-state index in [4.69, 9.17) is 19.9 Å². The third kappa shape index (κ3) is 2.65. The van der Waals surface area contributed by atoms with E-state index in [-0.39, 0.29) is 39.7 Å². The number of imide groups is 1. The molecule has 0 saturated carbocycles. The zero-order chi connectivity index (χ0) is 21.9. The molecule has 0 spiro atoms. The second kappa shape index (κ2) is 6.46. The summed E-state index contributed by atoms with van der Waals surface area (Å²) in [4.78, 5) is 49.2. The summed E-state index contributed by atoms with van der Waals surface area (Å²) < 4.78 is 17.6. The molecule has 10 nitrogen and oxygen atoms in total. The van der Waals surface area contributed by atoms with Gasteiger partial charge in [0.15, 0.2) is 23.0 Å². The van der Waals surface area contributed by atoms with Gasteiger partial charge in [-0.15, -0.1) is 0 Å². The van der Waals surface area contributed by atoms with Gasteiger partial charge in [-0.3, -0.25) is 24.3 Å². The molecule has 0 atom stereocenters. The molecule has 31 heavy (non-hydrogen) atoms. The second-order valence-electron chi connectivity index (χ2n) is 6.74. The number of rotatable bonds is 2. The maximum Gasteiger partial charge on any atom is 0.341 e. The number of benzene rings is 2. The highest BCUT2D eigenvalue weighted by Gasteiger charge is 2.33. The first-order valence-electron chi connectivity index (χ1n) is 9.01. The van der Waals surface area contributed by atoms with E-state index in [9.17, 15) is 19.2 Å². The van der Waals surface area contributed by atoms with Crippen molar-refractivity contribution < 1.29 is 28.6 Å². The quantitative estimate of drug-likeness (QED) is 0.371. The summed E-state index contributed by atoms with van der Waals surface area (Å²) in [6.45, 7) is 0. The number of pyridine rings is 1. The van der Waals surface area contributed by atoms with E-state index in [1.165, 1.54) is 19.2 Å². The van der Waals surface area contributed by atoms with Crippen LogP contribution in [0.1, 0.15) is 31.1 Å². The van der Waals surface area contributed by atoms with Crippen LogP contribution in [0.2, 0.25) is 0 Å². The number of amides is 2. The van der Waals surface area contributed by atoms with Gasteiger partial charge in [-0.05, 0) is 18.2 Å². The molecule has 1 aromatic heterocycles. The largest absolute Gasteiger partial charge is 0.465 e. The number of anilines is 1. The molecule has 154 valence electrons. The molecule has 2 amide bonds. The lowest BCUT2D eigenvalue weighted by molar-refractivity contribution is 0.0596. The van der Waals surface area contributed by atoms with Crippen molar-refractivity contribution in [3.8, 4) is 28.7 Å². The third-order valence-electron chi connectivity index (χ3n) is 4.94. The molecule has 10 heteroatoms. The smallest absolute Gasteiger partial charge is 0.341 e. The van der Waals surface area contributed by atoms with Crippen LogP contribution in [-0.4, -0.2) is 29.5 Å². The van der Waals surface area contributed by atoms with Gasteiger partial charge in [0.2, 0.25) is 0 Å². The van der Waals surface area contributed by atoms with Crippen LogP contribution in [-0.2, 0) is 4.74 Å². The van der Waals surface area contributed by atoms with E-state index in [2.05, 4.69) is 5.32 Å². The summed E-state index contributed by atoms with van der Waals surface area (Å²) in [5.74, 6) is -1.35. The Bertz CT molecular complexity index is 1390. The van der Waals surface area contributed by atoms with E-state index in [1.54, 1.807) is 24.3 Å². The molecule has 5 rings (SSSR count). The Hall–Kier alpha value is -4.60. The lowest BCUT2D eigenvalue weighted by atomic mass is 10.1. The van der Waals surface area contributed by atoms with Crippen molar-refractivity contribution in [1.82, 2.24) is 9.88 Å². The standard InChI is InChI=1S/C21H13N3O7/c1-29-21(28)11-6-9(7-14-17(11)31-13-5-3-2-4-12(13)30-14)24-15(25)8-10-16(18(24)22)20(27)23-19(10)26/h2-8H,22H2,1H3,(H,23,26,27). The topological polar surface area (TPSA) is 139 Å². The SMILES string of the molecule is COC(=O)c1cc(-n2c(N)c3c(cc2=O)C(=O)NC3=O)cc2c1Oc1ccccc1O2. The Morgan fingerprint density at radius 1 is 1.00 bits per heavy atom. The number of nitrogens with two attached hydrogens (primary N) is 1. The van der Waals surface area contributed by atoms with Crippen molar-refractivity contribution in [1.29, 1.82) is 0 Å². The average Bonchev–Trinajstić information content (AvgIpc) is 3.04. The van der Waals surface area contributed by atoms with Gasteiger partial charge in [0.05, 0.1) is 23.9 Å².